The molecule has 3 saturated carbocycles. The number of ketones is 1. The molecule has 0 amide bonds. The first kappa shape index (κ1) is 16.7. The first-order valence-corrected chi connectivity index (χ1v) is 9.37. The van der Waals surface area contributed by atoms with Gasteiger partial charge in [0.2, 0.25) is 0 Å². The van der Waals surface area contributed by atoms with Gasteiger partial charge in [-0.25, -0.2) is 0 Å². The van der Waals surface area contributed by atoms with Crippen LogP contribution in [-0.4, -0.2) is 5.78 Å². The van der Waals surface area contributed by atoms with Crippen LogP contribution in [0.2, 0.25) is 0 Å². The molecule has 5 atom stereocenters. The molecule has 1 nitrogen and oxygen atoms in total. The fourth-order valence-corrected chi connectivity index (χ4v) is 6.47. The second-order valence-corrected chi connectivity index (χ2v) is 8.57. The smallest absolute Gasteiger partial charge is 0.155 e. The summed E-state index contributed by atoms with van der Waals surface area (Å²) in [6, 6.07) is 0. The molecule has 0 radical (unpaired) electrons. The van der Waals surface area contributed by atoms with Gasteiger partial charge in [-0.1, -0.05) is 31.6 Å². The van der Waals surface area contributed by atoms with Gasteiger partial charge >= 0.3 is 0 Å². The van der Waals surface area contributed by atoms with Crippen molar-refractivity contribution in [2.45, 2.75) is 65.2 Å². The Morgan fingerprint density at radius 3 is 2.39 bits per heavy atom. The highest BCUT2D eigenvalue weighted by atomic mass is 16.1. The van der Waals surface area contributed by atoms with Gasteiger partial charge in [0.15, 0.2) is 5.78 Å². The highest BCUT2D eigenvalue weighted by Crippen LogP contribution is 2.66. The fraction of sp³-hybridized carbons (Fsp3) is 0.682. The van der Waals surface area contributed by atoms with Crippen molar-refractivity contribution in [3.05, 3.63) is 37.0 Å². The number of hydrogen-bond acceptors (Lipinski definition) is 1. The fourth-order valence-electron chi connectivity index (χ4n) is 6.47. The van der Waals surface area contributed by atoms with Crippen molar-refractivity contribution < 1.29 is 4.79 Å². The van der Waals surface area contributed by atoms with Gasteiger partial charge in [-0.2, -0.15) is 0 Å². The van der Waals surface area contributed by atoms with Gasteiger partial charge in [-0.05, 0) is 79.6 Å². The molecule has 3 fully saturated rings. The molecule has 126 valence electrons. The highest BCUT2D eigenvalue weighted by Gasteiger charge is 2.57. The Bertz CT molecular complexity index is 556. The van der Waals surface area contributed by atoms with E-state index in [4.69, 9.17) is 0 Å². The molecule has 0 heterocycles. The highest BCUT2D eigenvalue weighted by molar-refractivity contribution is 5.91. The molecular weight excluding hydrogens is 280 g/mol. The quantitative estimate of drug-likeness (QED) is 0.511. The van der Waals surface area contributed by atoms with E-state index in [2.05, 4.69) is 33.6 Å². The lowest BCUT2D eigenvalue weighted by atomic mass is 9.47. The monoisotopic (exact) mass is 312 g/mol. The molecule has 4 aliphatic carbocycles. The third-order valence-electron chi connectivity index (χ3n) is 7.92. The Morgan fingerprint density at radius 1 is 0.957 bits per heavy atom. The number of rotatable bonds is 0. The lowest BCUT2D eigenvalue weighted by Gasteiger charge is -2.57. The van der Waals surface area contributed by atoms with Gasteiger partial charge in [-0.3, -0.25) is 4.79 Å². The van der Waals surface area contributed by atoms with Crippen molar-refractivity contribution in [3.8, 4) is 0 Å². The van der Waals surface area contributed by atoms with Crippen LogP contribution in [0.15, 0.2) is 37.0 Å². The zero-order chi connectivity index (χ0) is 16.8. The Kier molecular flexibility index (Phi) is 4.19. The summed E-state index contributed by atoms with van der Waals surface area (Å²) in [6.07, 6.45) is 11.7. The number of hydrogen-bond donors (Lipinski definition) is 0. The number of fused-ring (bicyclic) bond motifs is 5. The maximum absolute atomic E-state index is 11.8. The van der Waals surface area contributed by atoms with E-state index in [0.29, 0.717) is 16.6 Å². The number of carbonyl (C=O) groups excluding carboxylic acids is 1. The molecule has 0 spiro atoms. The van der Waals surface area contributed by atoms with E-state index in [9.17, 15) is 4.79 Å². The topological polar surface area (TPSA) is 17.1 Å². The molecule has 0 aromatic carbocycles. The van der Waals surface area contributed by atoms with Gasteiger partial charge in [0.1, 0.15) is 0 Å². The van der Waals surface area contributed by atoms with Crippen LogP contribution in [-0.2, 0) is 4.79 Å². The lowest BCUT2D eigenvalue weighted by molar-refractivity contribution is -0.117. The van der Waals surface area contributed by atoms with Crippen LogP contribution in [0.5, 0.6) is 0 Å². The molecule has 0 aromatic rings. The summed E-state index contributed by atoms with van der Waals surface area (Å²) in [4.78, 5) is 11.8. The summed E-state index contributed by atoms with van der Waals surface area (Å²) in [6.45, 7) is 15.4. The lowest BCUT2D eigenvalue weighted by Crippen LogP contribution is -2.49. The van der Waals surface area contributed by atoms with E-state index in [-0.39, 0.29) is 0 Å². The molecule has 0 saturated heterocycles. The van der Waals surface area contributed by atoms with Crippen LogP contribution in [0.1, 0.15) is 65.2 Å². The predicted molar refractivity (Wildman–Crippen MR) is 97.1 cm³/mol. The predicted octanol–water partition coefficient (Wildman–Crippen LogP) is 5.88. The van der Waals surface area contributed by atoms with Crippen LogP contribution >= 0.6 is 0 Å². The first-order chi connectivity index (χ1) is 10.9. The van der Waals surface area contributed by atoms with Gasteiger partial charge in [0, 0.05) is 6.42 Å². The van der Waals surface area contributed by atoms with E-state index < -0.39 is 0 Å². The minimum atomic E-state index is 0.322. The minimum Gasteiger partial charge on any atom is -0.295 e. The summed E-state index contributed by atoms with van der Waals surface area (Å²) in [5.74, 6) is 2.92. The second-order valence-electron chi connectivity index (χ2n) is 8.57. The van der Waals surface area contributed by atoms with Crippen molar-refractivity contribution in [1.29, 1.82) is 0 Å². The zero-order valence-corrected chi connectivity index (χ0v) is 15.0. The normalized spacial score (nSPS) is 45.1. The number of allylic oxidation sites excluding steroid dienone is 2. The maximum atomic E-state index is 11.8. The third kappa shape index (κ3) is 2.30. The van der Waals surface area contributed by atoms with Crippen molar-refractivity contribution in [1.82, 2.24) is 0 Å². The third-order valence-corrected chi connectivity index (χ3v) is 7.92. The van der Waals surface area contributed by atoms with Gasteiger partial charge in [-0.15, -0.1) is 13.2 Å². The Morgan fingerprint density at radius 2 is 1.65 bits per heavy atom. The Labute approximate surface area is 141 Å². The van der Waals surface area contributed by atoms with Crippen molar-refractivity contribution >= 4 is 5.78 Å². The Balaban J connectivity index is 0.000000753. The van der Waals surface area contributed by atoms with Crippen LogP contribution < -0.4 is 0 Å². The van der Waals surface area contributed by atoms with Crippen molar-refractivity contribution in [2.24, 2.45) is 28.6 Å². The van der Waals surface area contributed by atoms with E-state index in [1.54, 1.807) is 0 Å². The van der Waals surface area contributed by atoms with Crippen molar-refractivity contribution in [3.63, 3.8) is 0 Å². The van der Waals surface area contributed by atoms with E-state index >= 15 is 0 Å². The van der Waals surface area contributed by atoms with Gasteiger partial charge in [0.25, 0.3) is 0 Å². The molecule has 23 heavy (non-hydrogen) atoms. The van der Waals surface area contributed by atoms with E-state index in [1.165, 1.54) is 49.7 Å². The largest absolute Gasteiger partial charge is 0.295 e. The first-order valence-electron chi connectivity index (χ1n) is 9.37. The molecule has 0 N–H and O–H groups in total. The van der Waals surface area contributed by atoms with Crippen LogP contribution in [0.4, 0.5) is 0 Å². The Hall–Kier alpha value is -1.11. The van der Waals surface area contributed by atoms with Gasteiger partial charge < -0.3 is 0 Å². The molecule has 5 unspecified atom stereocenters. The summed E-state index contributed by atoms with van der Waals surface area (Å²) in [5, 5.41) is 0. The van der Waals surface area contributed by atoms with Crippen LogP contribution in [0.3, 0.4) is 0 Å². The average Bonchev–Trinajstić information content (AvgIpc) is 2.86. The summed E-state index contributed by atoms with van der Waals surface area (Å²) < 4.78 is 0. The molecule has 0 bridgehead atoms. The van der Waals surface area contributed by atoms with Crippen molar-refractivity contribution in [2.75, 3.05) is 0 Å². The molecule has 4 aliphatic rings. The minimum absolute atomic E-state index is 0.322. The molecule has 0 aliphatic heterocycles. The second kappa shape index (κ2) is 5.76. The summed E-state index contributed by atoms with van der Waals surface area (Å²) in [7, 11) is 0. The summed E-state index contributed by atoms with van der Waals surface area (Å²) >= 11 is 0. The standard InChI is InChI=1S/C20H28O.C2H4/c1-13-4-7-17-16-6-5-14-12-15(21)8-10-20(14,3)18(16)9-11-19(13,17)2;1-2/h12,16-18H,1,4-11H2,2-3H3;1-2H2. The van der Waals surface area contributed by atoms with Crippen LogP contribution in [0.25, 0.3) is 0 Å². The average molecular weight is 312 g/mol. The summed E-state index contributed by atoms with van der Waals surface area (Å²) in [5.41, 5.74) is 3.75. The zero-order valence-electron chi connectivity index (χ0n) is 15.0. The van der Waals surface area contributed by atoms with E-state index in [1.807, 2.05) is 6.08 Å². The number of carbonyl (C=O) groups is 1. The molecular formula is C22H32O. The molecule has 4 rings (SSSR count). The van der Waals surface area contributed by atoms with Gasteiger partial charge in [0.05, 0.1) is 0 Å². The molecule has 1 heteroatoms. The maximum Gasteiger partial charge on any atom is 0.155 e. The van der Waals surface area contributed by atoms with Crippen LogP contribution in [0, 0.1) is 28.6 Å². The van der Waals surface area contributed by atoms with E-state index in [0.717, 1.165) is 30.6 Å². The SMILES string of the molecule is C=C.C=C1CCC2C3CCC4=CC(=O)CCC4(C)C3CCC12C. The molecule has 0 aromatic heterocycles.